The molecule has 2 aromatic heterocycles. The molecular formula is C21H12F3N3S2. The van der Waals surface area contributed by atoms with Gasteiger partial charge >= 0.3 is 6.18 Å². The molecule has 0 radical (unpaired) electrons. The van der Waals surface area contributed by atoms with Crippen molar-refractivity contribution < 1.29 is 13.2 Å². The number of thiophene rings is 1. The Balaban J connectivity index is 1.52. The summed E-state index contributed by atoms with van der Waals surface area (Å²) in [6.45, 7) is 0. The second-order valence-electron chi connectivity index (χ2n) is 5.97. The Morgan fingerprint density at radius 3 is 2.52 bits per heavy atom. The third-order valence-corrected chi connectivity index (χ3v) is 6.03. The number of nitrogens with one attached hydrogen (secondary N) is 1. The highest BCUT2D eigenvalue weighted by Crippen LogP contribution is 2.35. The van der Waals surface area contributed by atoms with Gasteiger partial charge in [-0.1, -0.05) is 23.7 Å². The third-order valence-electron chi connectivity index (χ3n) is 3.97. The minimum Gasteiger partial charge on any atom is -0.339 e. The van der Waals surface area contributed by atoms with Crippen LogP contribution in [0.3, 0.4) is 0 Å². The van der Waals surface area contributed by atoms with Gasteiger partial charge in [-0.25, -0.2) is 9.97 Å². The molecule has 0 fully saturated rings. The van der Waals surface area contributed by atoms with Crippen LogP contribution in [0.25, 0.3) is 10.2 Å². The lowest BCUT2D eigenvalue weighted by atomic mass is 10.2. The number of benzene rings is 2. The van der Waals surface area contributed by atoms with Crippen LogP contribution in [0.4, 0.5) is 24.7 Å². The minimum atomic E-state index is -4.35. The van der Waals surface area contributed by atoms with E-state index in [0.717, 1.165) is 37.8 Å². The van der Waals surface area contributed by atoms with Crippen LogP contribution >= 0.6 is 23.1 Å². The van der Waals surface area contributed by atoms with Crippen LogP contribution in [0.15, 0.2) is 70.7 Å². The topological polar surface area (TPSA) is 37.8 Å². The maximum atomic E-state index is 12.9. The quantitative estimate of drug-likeness (QED) is 0.373. The van der Waals surface area contributed by atoms with Crippen molar-refractivity contribution >= 4 is 44.8 Å². The first kappa shape index (κ1) is 19.3. The van der Waals surface area contributed by atoms with E-state index in [4.69, 9.17) is 6.42 Å². The van der Waals surface area contributed by atoms with Gasteiger partial charge in [0.05, 0.1) is 20.7 Å². The van der Waals surface area contributed by atoms with Crippen molar-refractivity contribution in [1.82, 2.24) is 9.97 Å². The van der Waals surface area contributed by atoms with Gasteiger partial charge in [-0.3, -0.25) is 0 Å². The number of terminal acetylenes is 1. The zero-order chi connectivity index (χ0) is 20.4. The Hall–Kier alpha value is -3.02. The van der Waals surface area contributed by atoms with Gasteiger partial charge in [-0.2, -0.15) is 13.2 Å². The van der Waals surface area contributed by atoms with Gasteiger partial charge in [0.1, 0.15) is 6.33 Å². The molecule has 0 aliphatic rings. The van der Waals surface area contributed by atoms with Crippen molar-refractivity contribution in [3.05, 3.63) is 71.4 Å². The zero-order valence-corrected chi connectivity index (χ0v) is 16.3. The lowest BCUT2D eigenvalue weighted by Gasteiger charge is -2.09. The predicted molar refractivity (Wildman–Crippen MR) is 111 cm³/mol. The highest BCUT2D eigenvalue weighted by atomic mass is 32.2. The van der Waals surface area contributed by atoms with E-state index in [9.17, 15) is 13.2 Å². The number of hydrogen-bond acceptors (Lipinski definition) is 5. The van der Waals surface area contributed by atoms with Gasteiger partial charge in [-0.15, -0.1) is 17.8 Å². The van der Waals surface area contributed by atoms with Crippen LogP contribution in [0.1, 0.15) is 10.4 Å². The fourth-order valence-electron chi connectivity index (χ4n) is 2.63. The van der Waals surface area contributed by atoms with E-state index in [-0.39, 0.29) is 0 Å². The summed E-state index contributed by atoms with van der Waals surface area (Å²) in [6.07, 6.45) is 2.57. The SMILES string of the molecule is C#Cc1cc2ncnc(Nc3ccc(Sc4cccc(C(F)(F)F)c4)cc3)c2s1. The molecule has 1 N–H and O–H groups in total. The van der Waals surface area contributed by atoms with Crippen LogP contribution in [-0.2, 0) is 6.18 Å². The number of aromatic nitrogens is 2. The first-order chi connectivity index (χ1) is 13.9. The Labute approximate surface area is 173 Å². The molecule has 0 aliphatic carbocycles. The van der Waals surface area contributed by atoms with Crippen molar-refractivity contribution in [2.24, 2.45) is 0 Å². The smallest absolute Gasteiger partial charge is 0.339 e. The number of hydrogen-bond donors (Lipinski definition) is 1. The summed E-state index contributed by atoms with van der Waals surface area (Å²) in [6, 6.07) is 14.5. The van der Waals surface area contributed by atoms with E-state index in [2.05, 4.69) is 21.2 Å². The molecule has 0 unspecified atom stereocenters. The van der Waals surface area contributed by atoms with Gasteiger partial charge in [-0.05, 0) is 48.5 Å². The highest BCUT2D eigenvalue weighted by Gasteiger charge is 2.30. The number of nitrogens with zero attached hydrogens (tertiary/aromatic N) is 2. The molecule has 8 heteroatoms. The number of alkyl halides is 3. The molecule has 0 atom stereocenters. The predicted octanol–water partition coefficient (Wildman–Crippen LogP) is 6.59. The van der Waals surface area contributed by atoms with Crippen molar-refractivity contribution in [2.45, 2.75) is 16.0 Å². The number of anilines is 2. The van der Waals surface area contributed by atoms with E-state index in [1.807, 2.05) is 30.3 Å². The van der Waals surface area contributed by atoms with Crippen molar-refractivity contribution in [1.29, 1.82) is 0 Å². The summed E-state index contributed by atoms with van der Waals surface area (Å²) in [5.74, 6) is 3.25. The van der Waals surface area contributed by atoms with E-state index in [1.54, 1.807) is 6.07 Å². The fourth-order valence-corrected chi connectivity index (χ4v) is 4.37. The first-order valence-electron chi connectivity index (χ1n) is 8.36. The van der Waals surface area contributed by atoms with E-state index in [0.29, 0.717) is 10.7 Å². The Kier molecular flexibility index (Phi) is 5.18. The molecule has 0 saturated heterocycles. The second-order valence-corrected chi connectivity index (χ2v) is 8.17. The summed E-state index contributed by atoms with van der Waals surface area (Å²) in [4.78, 5) is 10.6. The standard InChI is InChI=1S/C21H12F3N3S2/c1-2-15-11-18-19(29-15)20(26-12-25-18)27-14-6-8-16(9-7-14)28-17-5-3-4-13(10-17)21(22,23)24/h1,3-12H,(H,25,26,27). The number of rotatable bonds is 4. The lowest BCUT2D eigenvalue weighted by molar-refractivity contribution is -0.137. The van der Waals surface area contributed by atoms with Gasteiger partial charge in [0, 0.05) is 15.5 Å². The molecule has 0 aliphatic heterocycles. The third kappa shape index (κ3) is 4.36. The average Bonchev–Trinajstić information content (AvgIpc) is 3.14. The van der Waals surface area contributed by atoms with Gasteiger partial charge in [0.2, 0.25) is 0 Å². The molecule has 3 nitrogen and oxygen atoms in total. The van der Waals surface area contributed by atoms with E-state index >= 15 is 0 Å². The molecule has 0 bridgehead atoms. The molecule has 0 saturated carbocycles. The number of halogens is 3. The maximum Gasteiger partial charge on any atom is 0.416 e. The van der Waals surface area contributed by atoms with Crippen molar-refractivity contribution in [2.75, 3.05) is 5.32 Å². The summed E-state index contributed by atoms with van der Waals surface area (Å²) in [7, 11) is 0. The van der Waals surface area contributed by atoms with Gasteiger partial charge < -0.3 is 5.32 Å². The van der Waals surface area contributed by atoms with Crippen molar-refractivity contribution in [3.8, 4) is 12.3 Å². The highest BCUT2D eigenvalue weighted by molar-refractivity contribution is 7.99. The summed E-state index contributed by atoms with van der Waals surface area (Å²) in [5, 5.41) is 3.24. The van der Waals surface area contributed by atoms with Crippen LogP contribution in [0.5, 0.6) is 0 Å². The molecule has 0 amide bonds. The molecule has 4 rings (SSSR count). The minimum absolute atomic E-state index is 0.526. The fraction of sp³-hybridized carbons (Fsp3) is 0.0476. The lowest BCUT2D eigenvalue weighted by Crippen LogP contribution is -2.04. The van der Waals surface area contributed by atoms with E-state index in [1.165, 1.54) is 35.5 Å². The normalized spacial score (nSPS) is 11.4. The largest absolute Gasteiger partial charge is 0.416 e. The van der Waals surface area contributed by atoms with Gasteiger partial charge in [0.25, 0.3) is 0 Å². The monoisotopic (exact) mass is 427 g/mol. The van der Waals surface area contributed by atoms with Crippen LogP contribution in [0, 0.1) is 12.3 Å². The summed E-state index contributed by atoms with van der Waals surface area (Å²) >= 11 is 2.70. The molecule has 0 spiro atoms. The molecular weight excluding hydrogens is 415 g/mol. The zero-order valence-electron chi connectivity index (χ0n) is 14.7. The number of fused-ring (bicyclic) bond motifs is 1. The second kappa shape index (κ2) is 7.78. The van der Waals surface area contributed by atoms with Crippen LogP contribution in [0.2, 0.25) is 0 Å². The Morgan fingerprint density at radius 2 is 1.79 bits per heavy atom. The van der Waals surface area contributed by atoms with Gasteiger partial charge in [0.15, 0.2) is 5.82 Å². The molecule has 2 heterocycles. The molecule has 2 aromatic carbocycles. The van der Waals surface area contributed by atoms with E-state index < -0.39 is 11.7 Å². The molecule has 29 heavy (non-hydrogen) atoms. The maximum absolute atomic E-state index is 12.9. The van der Waals surface area contributed by atoms with Crippen LogP contribution in [-0.4, -0.2) is 9.97 Å². The summed E-state index contributed by atoms with van der Waals surface area (Å²) < 4.78 is 39.5. The van der Waals surface area contributed by atoms with Crippen molar-refractivity contribution in [3.63, 3.8) is 0 Å². The van der Waals surface area contributed by atoms with Crippen LogP contribution < -0.4 is 5.32 Å². The Morgan fingerprint density at radius 1 is 1.00 bits per heavy atom. The average molecular weight is 427 g/mol. The molecule has 4 aromatic rings. The molecule has 144 valence electrons. The first-order valence-corrected chi connectivity index (χ1v) is 9.99. The summed E-state index contributed by atoms with van der Waals surface area (Å²) in [5.41, 5.74) is 0.919. The Bertz CT molecular complexity index is 1210.